The Labute approximate surface area is 227 Å². The third-order valence-corrected chi connectivity index (χ3v) is 7.63. The Morgan fingerprint density at radius 1 is 0.795 bits per heavy atom. The van der Waals surface area contributed by atoms with Crippen LogP contribution in [0, 0.1) is 6.92 Å². The summed E-state index contributed by atoms with van der Waals surface area (Å²) in [6.45, 7) is 4.62. The number of aryl methyl sites for hydroxylation is 1. The Morgan fingerprint density at radius 3 is 2.13 bits per heavy atom. The average Bonchev–Trinajstić information content (AvgIpc) is 3.91. The highest BCUT2D eigenvalue weighted by Gasteiger charge is 2.53. The molecule has 7 rings (SSSR count). The molecule has 2 saturated heterocycles. The van der Waals surface area contributed by atoms with Crippen LogP contribution in [0.4, 0.5) is 5.69 Å². The molecule has 3 heterocycles. The molecule has 0 spiro atoms. The number of amides is 1. The number of para-hydroxylation sites is 1. The van der Waals surface area contributed by atoms with Crippen LogP contribution in [0.2, 0.25) is 0 Å². The van der Waals surface area contributed by atoms with Gasteiger partial charge < -0.3 is 18.9 Å². The topological polar surface area (TPSA) is 63.8 Å². The lowest BCUT2D eigenvalue weighted by atomic mass is 9.76. The molecule has 3 unspecified atom stereocenters. The van der Waals surface area contributed by atoms with Crippen LogP contribution in [0.15, 0.2) is 97.1 Å². The number of rotatable bonds is 9. The molecule has 6 heteroatoms. The van der Waals surface area contributed by atoms with Crippen LogP contribution in [-0.2, 0) is 15.0 Å². The van der Waals surface area contributed by atoms with Gasteiger partial charge in [0.1, 0.15) is 42.5 Å². The van der Waals surface area contributed by atoms with E-state index >= 15 is 0 Å². The minimum Gasteiger partial charge on any atom is -0.491 e. The van der Waals surface area contributed by atoms with Gasteiger partial charge in [-0.25, -0.2) is 0 Å². The fraction of sp³-hybridized carbons (Fsp3) is 0.242. The van der Waals surface area contributed by atoms with Gasteiger partial charge in [0.2, 0.25) is 0 Å². The van der Waals surface area contributed by atoms with Gasteiger partial charge in [0.05, 0.1) is 13.2 Å². The van der Waals surface area contributed by atoms with Crippen molar-refractivity contribution in [1.29, 1.82) is 0 Å². The first-order valence-corrected chi connectivity index (χ1v) is 13.3. The predicted octanol–water partition coefficient (Wildman–Crippen LogP) is 5.50. The molecular formula is C33H29NO5. The fourth-order valence-electron chi connectivity index (χ4n) is 5.53. The van der Waals surface area contributed by atoms with Gasteiger partial charge in [0, 0.05) is 11.3 Å². The maximum Gasteiger partial charge on any atom is 0.260 e. The summed E-state index contributed by atoms with van der Waals surface area (Å²) in [4.78, 5) is 16.1. The normalized spacial score (nSPS) is 22.9. The third kappa shape index (κ3) is 4.26. The minimum atomic E-state index is -0.893. The summed E-state index contributed by atoms with van der Waals surface area (Å²) in [5.41, 5.74) is 4.53. The van der Waals surface area contributed by atoms with Crippen molar-refractivity contribution in [2.45, 2.75) is 24.7 Å². The lowest BCUT2D eigenvalue weighted by molar-refractivity contribution is 0.0986. The molecule has 3 aliphatic heterocycles. The van der Waals surface area contributed by atoms with Crippen LogP contribution in [0.5, 0.6) is 11.5 Å². The van der Waals surface area contributed by atoms with E-state index in [-0.39, 0.29) is 18.1 Å². The minimum absolute atomic E-state index is 0.0353. The zero-order chi connectivity index (χ0) is 26.4. The molecule has 3 aliphatic rings. The lowest BCUT2D eigenvalue weighted by Gasteiger charge is -2.41. The van der Waals surface area contributed by atoms with Crippen LogP contribution in [0.25, 0.3) is 0 Å². The smallest absolute Gasteiger partial charge is 0.260 e. The quantitative estimate of drug-likeness (QED) is 0.273. The summed E-state index contributed by atoms with van der Waals surface area (Å²) in [6, 6.07) is 32.1. The number of hydrogen-bond donors (Lipinski definition) is 0. The molecule has 39 heavy (non-hydrogen) atoms. The van der Waals surface area contributed by atoms with E-state index in [0.717, 1.165) is 52.7 Å². The van der Waals surface area contributed by atoms with Crippen molar-refractivity contribution in [2.75, 3.05) is 31.3 Å². The second-order valence-electron chi connectivity index (χ2n) is 10.3. The summed E-state index contributed by atoms with van der Waals surface area (Å²) >= 11 is 0. The Hall–Kier alpha value is -4.13. The molecule has 2 fully saturated rings. The van der Waals surface area contributed by atoms with Crippen LogP contribution in [-0.4, -0.2) is 44.5 Å². The summed E-state index contributed by atoms with van der Waals surface area (Å²) < 4.78 is 22.6. The molecule has 6 nitrogen and oxygen atoms in total. The van der Waals surface area contributed by atoms with E-state index < -0.39 is 5.54 Å². The van der Waals surface area contributed by atoms with Crippen LogP contribution >= 0.6 is 0 Å². The predicted molar refractivity (Wildman–Crippen MR) is 148 cm³/mol. The first kappa shape index (κ1) is 23.9. The second-order valence-corrected chi connectivity index (χ2v) is 10.3. The SMILES string of the molecule is Cc1cc(C2(c3ccc(OCC4CO4)cc3)c3ccccc3C(=O)N2c2ccccc2)ccc1OCC1CO1. The van der Waals surface area contributed by atoms with Crippen molar-refractivity contribution in [3.8, 4) is 11.5 Å². The van der Waals surface area contributed by atoms with Crippen LogP contribution < -0.4 is 14.4 Å². The van der Waals surface area contributed by atoms with E-state index in [4.69, 9.17) is 18.9 Å². The van der Waals surface area contributed by atoms with Gasteiger partial charge in [0.15, 0.2) is 0 Å². The van der Waals surface area contributed by atoms with Gasteiger partial charge in [-0.05, 0) is 71.6 Å². The standard InChI is InChI=1S/C33H29NO5/c1-22-17-24(13-16-31(22)39-21-28-20-38-28)33(23-11-14-26(15-12-23)36-18-27-19-37-27)30-10-6-5-9-29(30)32(35)34(33)25-7-3-2-4-8-25/h2-17,27-28H,18-21H2,1H3. The molecule has 0 N–H and O–H groups in total. The molecule has 0 bridgehead atoms. The summed E-state index contributed by atoms with van der Waals surface area (Å²) in [5, 5.41) is 0. The Kier molecular flexibility index (Phi) is 5.87. The van der Waals surface area contributed by atoms with Gasteiger partial charge in [-0.2, -0.15) is 0 Å². The van der Waals surface area contributed by atoms with E-state index in [1.54, 1.807) is 0 Å². The molecule has 0 radical (unpaired) electrons. The summed E-state index contributed by atoms with van der Waals surface area (Å²) in [6.07, 6.45) is 0.356. The molecule has 0 aromatic heterocycles. The number of ether oxygens (including phenoxy) is 4. The molecule has 1 amide bonds. The number of carbonyl (C=O) groups excluding carboxylic acids is 1. The molecule has 0 saturated carbocycles. The Balaban J connectivity index is 1.40. The first-order chi connectivity index (χ1) is 19.1. The number of fused-ring (bicyclic) bond motifs is 1. The number of anilines is 1. The van der Waals surface area contributed by atoms with E-state index in [9.17, 15) is 4.79 Å². The van der Waals surface area contributed by atoms with E-state index in [1.807, 2.05) is 78.6 Å². The number of epoxide rings is 2. The number of nitrogens with zero attached hydrogens (tertiary/aromatic N) is 1. The Morgan fingerprint density at radius 2 is 1.44 bits per heavy atom. The molecule has 3 atom stereocenters. The number of benzene rings is 4. The number of carbonyl (C=O) groups is 1. The van der Waals surface area contributed by atoms with Gasteiger partial charge in [0.25, 0.3) is 5.91 Å². The second kappa shape index (κ2) is 9.56. The van der Waals surface area contributed by atoms with Gasteiger partial charge in [-0.3, -0.25) is 9.69 Å². The van der Waals surface area contributed by atoms with Crippen molar-refractivity contribution in [3.05, 3.63) is 125 Å². The largest absolute Gasteiger partial charge is 0.491 e. The van der Waals surface area contributed by atoms with Gasteiger partial charge >= 0.3 is 0 Å². The van der Waals surface area contributed by atoms with Crippen molar-refractivity contribution >= 4 is 11.6 Å². The van der Waals surface area contributed by atoms with Gasteiger partial charge in [-0.15, -0.1) is 0 Å². The monoisotopic (exact) mass is 519 g/mol. The Bertz CT molecular complexity index is 1510. The highest BCUT2D eigenvalue weighted by atomic mass is 16.6. The zero-order valence-corrected chi connectivity index (χ0v) is 21.7. The van der Waals surface area contributed by atoms with Crippen molar-refractivity contribution in [1.82, 2.24) is 0 Å². The van der Waals surface area contributed by atoms with Crippen molar-refractivity contribution in [3.63, 3.8) is 0 Å². The van der Waals surface area contributed by atoms with E-state index in [1.165, 1.54) is 0 Å². The summed E-state index contributed by atoms with van der Waals surface area (Å²) in [7, 11) is 0. The number of hydrogen-bond acceptors (Lipinski definition) is 5. The van der Waals surface area contributed by atoms with E-state index in [2.05, 4.69) is 30.3 Å². The van der Waals surface area contributed by atoms with E-state index in [0.29, 0.717) is 18.8 Å². The maximum absolute atomic E-state index is 14.2. The maximum atomic E-state index is 14.2. The molecule has 0 aliphatic carbocycles. The molecule has 4 aromatic rings. The molecular weight excluding hydrogens is 490 g/mol. The first-order valence-electron chi connectivity index (χ1n) is 13.3. The average molecular weight is 520 g/mol. The highest BCUT2D eigenvalue weighted by molar-refractivity contribution is 6.13. The van der Waals surface area contributed by atoms with Crippen molar-refractivity contribution < 1.29 is 23.7 Å². The summed E-state index contributed by atoms with van der Waals surface area (Å²) in [5.74, 6) is 1.56. The zero-order valence-electron chi connectivity index (χ0n) is 21.7. The fourth-order valence-corrected chi connectivity index (χ4v) is 5.53. The van der Waals surface area contributed by atoms with Crippen molar-refractivity contribution in [2.24, 2.45) is 0 Å². The lowest BCUT2D eigenvalue weighted by Crippen LogP contribution is -2.46. The molecule has 4 aromatic carbocycles. The third-order valence-electron chi connectivity index (χ3n) is 7.63. The van der Waals surface area contributed by atoms with Crippen LogP contribution in [0.3, 0.4) is 0 Å². The molecule has 196 valence electrons. The highest BCUT2D eigenvalue weighted by Crippen LogP contribution is 2.51. The van der Waals surface area contributed by atoms with Gasteiger partial charge in [-0.1, -0.05) is 54.6 Å². The van der Waals surface area contributed by atoms with Crippen LogP contribution in [0.1, 0.15) is 32.6 Å².